The molecule has 0 aromatic heterocycles. The van der Waals surface area contributed by atoms with Crippen molar-refractivity contribution >= 4 is 11.8 Å². The van der Waals surface area contributed by atoms with Gasteiger partial charge in [0.25, 0.3) is 0 Å². The van der Waals surface area contributed by atoms with Crippen LogP contribution in [0.5, 0.6) is 0 Å². The van der Waals surface area contributed by atoms with Crippen LogP contribution < -0.4 is 5.73 Å². The van der Waals surface area contributed by atoms with Crippen LogP contribution in [0.1, 0.15) is 40.0 Å². The van der Waals surface area contributed by atoms with E-state index in [-0.39, 0.29) is 0 Å². The number of rotatable bonds is 2. The summed E-state index contributed by atoms with van der Waals surface area (Å²) >= 11 is 2.08. The summed E-state index contributed by atoms with van der Waals surface area (Å²) in [6, 6.07) is 0. The first kappa shape index (κ1) is 13.7. The highest BCUT2D eigenvalue weighted by molar-refractivity contribution is 7.99. The van der Waals surface area contributed by atoms with Crippen molar-refractivity contribution in [1.82, 2.24) is 4.90 Å². The zero-order chi connectivity index (χ0) is 12.5. The maximum Gasteiger partial charge on any atom is 0.0429 e. The molecule has 2 nitrogen and oxygen atoms in total. The molecule has 2 saturated heterocycles. The van der Waals surface area contributed by atoms with E-state index in [4.69, 9.17) is 5.73 Å². The average Bonchev–Trinajstić information content (AvgIpc) is 2.78. The normalized spacial score (nSPS) is 33.2. The molecule has 2 fully saturated rings. The molecule has 2 rings (SSSR count). The number of nitrogens with zero attached hydrogens (tertiary/aromatic N) is 1. The molecule has 2 aliphatic heterocycles. The molecule has 2 N–H and O–H groups in total. The molecule has 2 aliphatic rings. The number of likely N-dealkylation sites (tertiary alicyclic amines) is 1. The van der Waals surface area contributed by atoms with Gasteiger partial charge in [-0.05, 0) is 49.4 Å². The monoisotopic (exact) mass is 256 g/mol. The molecule has 0 amide bonds. The van der Waals surface area contributed by atoms with Gasteiger partial charge in [-0.3, -0.25) is 4.90 Å². The van der Waals surface area contributed by atoms with Gasteiger partial charge in [0, 0.05) is 17.8 Å². The first-order valence-electron chi connectivity index (χ1n) is 7.01. The van der Waals surface area contributed by atoms with Gasteiger partial charge in [-0.1, -0.05) is 20.8 Å². The third-order valence-electron chi connectivity index (χ3n) is 4.85. The minimum Gasteiger partial charge on any atom is -0.329 e. The van der Waals surface area contributed by atoms with E-state index in [1.54, 1.807) is 0 Å². The van der Waals surface area contributed by atoms with Gasteiger partial charge in [-0.15, -0.1) is 0 Å². The highest BCUT2D eigenvalue weighted by atomic mass is 32.2. The fraction of sp³-hybridized carbons (Fsp3) is 1.00. The second-order valence-electron chi connectivity index (χ2n) is 6.86. The van der Waals surface area contributed by atoms with Crippen LogP contribution in [0.25, 0.3) is 0 Å². The molecule has 0 spiro atoms. The van der Waals surface area contributed by atoms with E-state index in [0.717, 1.165) is 12.5 Å². The lowest BCUT2D eigenvalue weighted by atomic mass is 9.74. The van der Waals surface area contributed by atoms with Gasteiger partial charge in [-0.25, -0.2) is 0 Å². The van der Waals surface area contributed by atoms with E-state index in [0.29, 0.717) is 11.0 Å². The number of hydrogen-bond acceptors (Lipinski definition) is 3. The molecule has 17 heavy (non-hydrogen) atoms. The SMILES string of the molecule is CC(C)(C)C1CCN(C2(CN)CCSC2)CC1. The fourth-order valence-corrected chi connectivity index (χ4v) is 4.85. The van der Waals surface area contributed by atoms with Crippen LogP contribution in [0.3, 0.4) is 0 Å². The van der Waals surface area contributed by atoms with E-state index in [1.807, 2.05) is 0 Å². The Bertz CT molecular complexity index is 245. The summed E-state index contributed by atoms with van der Waals surface area (Å²) in [4.78, 5) is 2.70. The predicted octanol–water partition coefficient (Wildman–Crippen LogP) is 2.58. The Hall–Kier alpha value is 0.270. The van der Waals surface area contributed by atoms with E-state index >= 15 is 0 Å². The van der Waals surface area contributed by atoms with Crippen LogP contribution in [0, 0.1) is 11.3 Å². The smallest absolute Gasteiger partial charge is 0.0429 e. The number of thioether (sulfide) groups is 1. The summed E-state index contributed by atoms with van der Waals surface area (Å²) in [6.45, 7) is 10.5. The summed E-state index contributed by atoms with van der Waals surface area (Å²) in [5, 5.41) is 0. The number of hydrogen-bond donors (Lipinski definition) is 1. The zero-order valence-electron chi connectivity index (χ0n) is 11.7. The van der Waals surface area contributed by atoms with Crippen molar-refractivity contribution in [3.05, 3.63) is 0 Å². The molecule has 100 valence electrons. The summed E-state index contributed by atoms with van der Waals surface area (Å²) < 4.78 is 0. The Morgan fingerprint density at radius 1 is 1.29 bits per heavy atom. The lowest BCUT2D eigenvalue weighted by molar-refractivity contribution is 0.0429. The van der Waals surface area contributed by atoms with Crippen molar-refractivity contribution in [2.24, 2.45) is 17.1 Å². The molecule has 0 radical (unpaired) electrons. The lowest BCUT2D eigenvalue weighted by Gasteiger charge is -2.46. The number of piperidine rings is 1. The summed E-state index contributed by atoms with van der Waals surface area (Å²) in [5.41, 5.74) is 6.88. The Balaban J connectivity index is 1.94. The molecule has 0 aliphatic carbocycles. The maximum atomic E-state index is 6.07. The summed E-state index contributed by atoms with van der Waals surface area (Å²) in [7, 11) is 0. The van der Waals surface area contributed by atoms with Crippen LogP contribution in [0.4, 0.5) is 0 Å². The van der Waals surface area contributed by atoms with Crippen LogP contribution >= 0.6 is 11.8 Å². The highest BCUT2D eigenvalue weighted by Gasteiger charge is 2.41. The standard InChI is InChI=1S/C14H28N2S/c1-13(2,3)12-4-7-16(8-5-12)14(10-15)6-9-17-11-14/h12H,4-11,15H2,1-3H3. The highest BCUT2D eigenvalue weighted by Crippen LogP contribution is 2.39. The molecule has 1 atom stereocenters. The summed E-state index contributed by atoms with van der Waals surface area (Å²) in [6.07, 6.45) is 4.01. The van der Waals surface area contributed by atoms with Crippen molar-refractivity contribution in [3.8, 4) is 0 Å². The average molecular weight is 256 g/mol. The second-order valence-corrected chi connectivity index (χ2v) is 7.96. The topological polar surface area (TPSA) is 29.3 Å². The van der Waals surface area contributed by atoms with Crippen molar-refractivity contribution < 1.29 is 0 Å². The van der Waals surface area contributed by atoms with Gasteiger partial charge < -0.3 is 5.73 Å². The summed E-state index contributed by atoms with van der Waals surface area (Å²) in [5.74, 6) is 3.45. The van der Waals surface area contributed by atoms with Gasteiger partial charge in [0.2, 0.25) is 0 Å². The predicted molar refractivity (Wildman–Crippen MR) is 77.5 cm³/mol. The van der Waals surface area contributed by atoms with E-state index < -0.39 is 0 Å². The van der Waals surface area contributed by atoms with Crippen molar-refractivity contribution in [3.63, 3.8) is 0 Å². The van der Waals surface area contributed by atoms with Crippen molar-refractivity contribution in [1.29, 1.82) is 0 Å². The molecule has 0 bridgehead atoms. The van der Waals surface area contributed by atoms with Gasteiger partial charge in [0.05, 0.1) is 0 Å². The van der Waals surface area contributed by atoms with Gasteiger partial charge in [-0.2, -0.15) is 11.8 Å². The largest absolute Gasteiger partial charge is 0.329 e. The quantitative estimate of drug-likeness (QED) is 0.823. The minimum atomic E-state index is 0.341. The first-order valence-corrected chi connectivity index (χ1v) is 8.16. The lowest BCUT2D eigenvalue weighted by Crippen LogP contribution is -2.57. The Morgan fingerprint density at radius 3 is 2.35 bits per heavy atom. The molecule has 3 heteroatoms. The van der Waals surface area contributed by atoms with Gasteiger partial charge in [0.1, 0.15) is 0 Å². The Labute approximate surface area is 111 Å². The zero-order valence-corrected chi connectivity index (χ0v) is 12.5. The van der Waals surface area contributed by atoms with E-state index in [9.17, 15) is 0 Å². The van der Waals surface area contributed by atoms with Crippen molar-refractivity contribution in [2.45, 2.75) is 45.6 Å². The maximum absolute atomic E-state index is 6.07. The Kier molecular flexibility index (Phi) is 4.11. The molecule has 1 unspecified atom stereocenters. The van der Waals surface area contributed by atoms with E-state index in [1.165, 1.54) is 43.9 Å². The minimum absolute atomic E-state index is 0.341. The van der Waals surface area contributed by atoms with Crippen LogP contribution in [0.2, 0.25) is 0 Å². The molecule has 0 aromatic rings. The molecule has 0 saturated carbocycles. The van der Waals surface area contributed by atoms with E-state index in [2.05, 4.69) is 37.4 Å². The second kappa shape index (κ2) is 5.10. The third kappa shape index (κ3) is 2.82. The molecular weight excluding hydrogens is 228 g/mol. The first-order chi connectivity index (χ1) is 7.98. The van der Waals surface area contributed by atoms with Crippen LogP contribution in [0.15, 0.2) is 0 Å². The Morgan fingerprint density at radius 2 is 1.94 bits per heavy atom. The molecular formula is C14H28N2S. The van der Waals surface area contributed by atoms with Gasteiger partial charge >= 0.3 is 0 Å². The molecule has 2 heterocycles. The number of nitrogens with two attached hydrogens (primary N) is 1. The molecule has 0 aromatic carbocycles. The third-order valence-corrected chi connectivity index (χ3v) is 6.09. The van der Waals surface area contributed by atoms with Gasteiger partial charge in [0.15, 0.2) is 0 Å². The fourth-order valence-electron chi connectivity index (χ4n) is 3.36. The van der Waals surface area contributed by atoms with Crippen LogP contribution in [-0.2, 0) is 0 Å². The van der Waals surface area contributed by atoms with Crippen LogP contribution in [-0.4, -0.2) is 41.6 Å². The van der Waals surface area contributed by atoms with Crippen molar-refractivity contribution in [2.75, 3.05) is 31.1 Å².